The van der Waals surface area contributed by atoms with Gasteiger partial charge in [-0.05, 0) is 45.4 Å². The molecule has 0 saturated heterocycles. The van der Waals surface area contributed by atoms with Crippen LogP contribution in [0.4, 0.5) is 0 Å². The summed E-state index contributed by atoms with van der Waals surface area (Å²) >= 11 is 0. The highest BCUT2D eigenvalue weighted by molar-refractivity contribution is 5.86. The van der Waals surface area contributed by atoms with Gasteiger partial charge in [0.05, 0.1) is 13.0 Å². The predicted molar refractivity (Wildman–Crippen MR) is 80.3 cm³/mol. The second-order valence-electron chi connectivity index (χ2n) is 5.80. The summed E-state index contributed by atoms with van der Waals surface area (Å²) in [7, 11) is 1.59. The Morgan fingerprint density at radius 1 is 1.19 bits per heavy atom. The van der Waals surface area contributed by atoms with Gasteiger partial charge in [-0.2, -0.15) is 0 Å². The van der Waals surface area contributed by atoms with E-state index in [4.69, 9.17) is 9.47 Å². The largest absolute Gasteiger partial charge is 0.497 e. The average Bonchev–Trinajstić information content (AvgIpc) is 2.42. The maximum atomic E-state index is 12.0. The Labute approximate surface area is 125 Å². The Bertz CT molecular complexity index is 488. The van der Waals surface area contributed by atoms with Gasteiger partial charge in [0.2, 0.25) is 5.91 Å². The van der Waals surface area contributed by atoms with E-state index in [1.54, 1.807) is 46.9 Å². The summed E-state index contributed by atoms with van der Waals surface area (Å²) in [4.78, 5) is 23.6. The molecule has 0 bridgehead atoms. The molecule has 1 amide bonds. The third kappa shape index (κ3) is 5.85. The van der Waals surface area contributed by atoms with Crippen LogP contribution in [0.25, 0.3) is 0 Å². The molecule has 1 aromatic rings. The van der Waals surface area contributed by atoms with Crippen molar-refractivity contribution >= 4 is 11.9 Å². The van der Waals surface area contributed by atoms with E-state index in [-0.39, 0.29) is 18.4 Å². The second-order valence-corrected chi connectivity index (χ2v) is 5.80. The minimum atomic E-state index is -0.552. The Kier molecular flexibility index (Phi) is 5.76. The standard InChI is InChI=1S/C16H23NO4/c1-11(12-6-8-13(20-5)9-7-12)15(19)17-10-14(18)21-16(2,3)4/h6-9,11H,10H2,1-5H3,(H,17,19). The van der Waals surface area contributed by atoms with Crippen molar-refractivity contribution in [3.05, 3.63) is 29.8 Å². The van der Waals surface area contributed by atoms with Crippen molar-refractivity contribution in [2.24, 2.45) is 0 Å². The van der Waals surface area contributed by atoms with Crippen LogP contribution in [-0.4, -0.2) is 31.1 Å². The van der Waals surface area contributed by atoms with Crippen molar-refractivity contribution < 1.29 is 19.1 Å². The summed E-state index contributed by atoms with van der Waals surface area (Å²) in [5.41, 5.74) is 0.307. The van der Waals surface area contributed by atoms with E-state index >= 15 is 0 Å². The van der Waals surface area contributed by atoms with Gasteiger partial charge in [-0.15, -0.1) is 0 Å². The van der Waals surface area contributed by atoms with Gasteiger partial charge in [0, 0.05) is 0 Å². The second kappa shape index (κ2) is 7.11. The number of hydrogen-bond acceptors (Lipinski definition) is 4. The molecule has 0 radical (unpaired) electrons. The summed E-state index contributed by atoms with van der Waals surface area (Å²) in [6.45, 7) is 7.01. The van der Waals surface area contributed by atoms with E-state index in [1.807, 2.05) is 12.1 Å². The van der Waals surface area contributed by atoms with Crippen molar-refractivity contribution in [3.8, 4) is 5.75 Å². The van der Waals surface area contributed by atoms with E-state index < -0.39 is 11.6 Å². The molecule has 0 aliphatic heterocycles. The molecule has 0 spiro atoms. The Morgan fingerprint density at radius 2 is 1.76 bits per heavy atom. The van der Waals surface area contributed by atoms with Gasteiger partial charge >= 0.3 is 5.97 Å². The molecule has 1 N–H and O–H groups in total. The monoisotopic (exact) mass is 293 g/mol. The van der Waals surface area contributed by atoms with Crippen LogP contribution in [0.5, 0.6) is 5.75 Å². The van der Waals surface area contributed by atoms with Crippen LogP contribution in [-0.2, 0) is 14.3 Å². The van der Waals surface area contributed by atoms with Crippen molar-refractivity contribution in [2.45, 2.75) is 39.2 Å². The van der Waals surface area contributed by atoms with Crippen LogP contribution in [0, 0.1) is 0 Å². The maximum absolute atomic E-state index is 12.0. The summed E-state index contributed by atoms with van der Waals surface area (Å²) in [5.74, 6) is -0.276. The fraction of sp³-hybridized carbons (Fsp3) is 0.500. The lowest BCUT2D eigenvalue weighted by molar-refractivity contribution is -0.154. The average molecular weight is 293 g/mol. The minimum absolute atomic E-state index is 0.128. The number of carbonyl (C=O) groups excluding carboxylic acids is 2. The highest BCUT2D eigenvalue weighted by Crippen LogP contribution is 2.19. The van der Waals surface area contributed by atoms with Gasteiger partial charge in [0.15, 0.2) is 0 Å². The Balaban J connectivity index is 2.52. The summed E-state index contributed by atoms with van der Waals surface area (Å²) < 4.78 is 10.2. The third-order valence-electron chi connectivity index (χ3n) is 2.84. The van der Waals surface area contributed by atoms with E-state index in [2.05, 4.69) is 5.32 Å². The van der Waals surface area contributed by atoms with Crippen LogP contribution >= 0.6 is 0 Å². The van der Waals surface area contributed by atoms with Crippen LogP contribution < -0.4 is 10.1 Å². The number of methoxy groups -OCH3 is 1. The highest BCUT2D eigenvalue weighted by atomic mass is 16.6. The number of nitrogens with one attached hydrogen (secondary N) is 1. The van der Waals surface area contributed by atoms with Crippen molar-refractivity contribution in [3.63, 3.8) is 0 Å². The minimum Gasteiger partial charge on any atom is -0.497 e. The van der Waals surface area contributed by atoms with E-state index in [0.717, 1.165) is 11.3 Å². The Morgan fingerprint density at radius 3 is 2.24 bits per heavy atom. The molecule has 1 unspecified atom stereocenters. The lowest BCUT2D eigenvalue weighted by Crippen LogP contribution is -2.36. The summed E-state index contributed by atoms with van der Waals surface area (Å²) in [6.07, 6.45) is 0. The number of benzene rings is 1. The van der Waals surface area contributed by atoms with Crippen molar-refractivity contribution in [1.82, 2.24) is 5.32 Å². The quantitative estimate of drug-likeness (QED) is 0.846. The zero-order valence-electron chi connectivity index (χ0n) is 13.2. The van der Waals surface area contributed by atoms with Gasteiger partial charge in [0.1, 0.15) is 17.9 Å². The van der Waals surface area contributed by atoms with Crippen molar-refractivity contribution in [1.29, 1.82) is 0 Å². The maximum Gasteiger partial charge on any atom is 0.325 e. The lowest BCUT2D eigenvalue weighted by atomic mass is 10.0. The Hall–Kier alpha value is -2.04. The fourth-order valence-corrected chi connectivity index (χ4v) is 1.73. The topological polar surface area (TPSA) is 64.6 Å². The third-order valence-corrected chi connectivity index (χ3v) is 2.84. The summed E-state index contributed by atoms with van der Waals surface area (Å²) in [6, 6.07) is 7.26. The molecular formula is C16H23NO4. The number of ether oxygens (including phenoxy) is 2. The summed E-state index contributed by atoms with van der Waals surface area (Å²) in [5, 5.41) is 2.59. The molecule has 21 heavy (non-hydrogen) atoms. The zero-order chi connectivity index (χ0) is 16.0. The first kappa shape index (κ1) is 17.0. The lowest BCUT2D eigenvalue weighted by Gasteiger charge is -2.20. The molecule has 0 aliphatic carbocycles. The molecule has 0 saturated carbocycles. The first-order valence-electron chi connectivity index (χ1n) is 6.86. The van der Waals surface area contributed by atoms with Gasteiger partial charge < -0.3 is 14.8 Å². The van der Waals surface area contributed by atoms with Crippen LogP contribution in [0.3, 0.4) is 0 Å². The van der Waals surface area contributed by atoms with Gasteiger partial charge in [-0.1, -0.05) is 12.1 Å². The molecule has 116 valence electrons. The first-order chi connectivity index (χ1) is 9.73. The van der Waals surface area contributed by atoms with Crippen molar-refractivity contribution in [2.75, 3.05) is 13.7 Å². The van der Waals surface area contributed by atoms with Crippen LogP contribution in [0.15, 0.2) is 24.3 Å². The molecule has 0 aliphatic rings. The number of carbonyl (C=O) groups is 2. The van der Waals surface area contributed by atoms with Crippen LogP contribution in [0.2, 0.25) is 0 Å². The number of rotatable bonds is 5. The van der Waals surface area contributed by atoms with E-state index in [0.29, 0.717) is 0 Å². The molecule has 5 heteroatoms. The molecule has 5 nitrogen and oxygen atoms in total. The number of hydrogen-bond donors (Lipinski definition) is 1. The highest BCUT2D eigenvalue weighted by Gasteiger charge is 2.19. The normalized spacial score (nSPS) is 12.4. The predicted octanol–water partition coefficient (Wildman–Crippen LogP) is 2.26. The smallest absolute Gasteiger partial charge is 0.325 e. The van der Waals surface area contributed by atoms with E-state index in [9.17, 15) is 9.59 Å². The molecule has 1 aromatic carbocycles. The molecular weight excluding hydrogens is 270 g/mol. The fourth-order valence-electron chi connectivity index (χ4n) is 1.73. The van der Waals surface area contributed by atoms with E-state index in [1.165, 1.54) is 0 Å². The SMILES string of the molecule is COc1ccc(C(C)C(=O)NCC(=O)OC(C)(C)C)cc1. The van der Waals surface area contributed by atoms with Gasteiger partial charge in [0.25, 0.3) is 0 Å². The van der Waals surface area contributed by atoms with Gasteiger partial charge in [-0.3, -0.25) is 9.59 Å². The molecule has 0 heterocycles. The number of esters is 1. The molecule has 0 fully saturated rings. The number of amides is 1. The van der Waals surface area contributed by atoms with Gasteiger partial charge in [-0.25, -0.2) is 0 Å². The molecule has 1 atom stereocenters. The molecule has 1 rings (SSSR count). The zero-order valence-corrected chi connectivity index (χ0v) is 13.2. The molecule has 0 aromatic heterocycles. The van der Waals surface area contributed by atoms with Crippen LogP contribution in [0.1, 0.15) is 39.2 Å². The first-order valence-corrected chi connectivity index (χ1v) is 6.86.